The van der Waals surface area contributed by atoms with E-state index < -0.39 is 47.9 Å². The summed E-state index contributed by atoms with van der Waals surface area (Å²) in [6, 6.07) is 5.29. The van der Waals surface area contributed by atoms with Crippen molar-refractivity contribution in [2.24, 2.45) is 17.4 Å². The molecule has 0 aliphatic rings. The fraction of sp³-hybridized carbons (Fsp3) is 0.600. The summed E-state index contributed by atoms with van der Waals surface area (Å²) in [5.74, 6) is -2.49. The number of amides is 3. The number of carboxylic acids is 1. The molecule has 0 aliphatic heterocycles. The summed E-state index contributed by atoms with van der Waals surface area (Å²) < 4.78 is 0. The third-order valence-electron chi connectivity index (χ3n) is 5.70. The molecule has 36 heavy (non-hydrogen) atoms. The molecule has 0 saturated heterocycles. The number of nitrogens with one attached hydrogen (secondary N) is 3. The number of rotatable bonds is 17. The van der Waals surface area contributed by atoms with Crippen molar-refractivity contribution in [2.75, 3.05) is 18.6 Å². The molecule has 0 bridgehead atoms. The Labute approximate surface area is 217 Å². The van der Waals surface area contributed by atoms with E-state index in [2.05, 4.69) is 16.0 Å². The van der Waals surface area contributed by atoms with Gasteiger partial charge in [-0.15, -0.1) is 0 Å². The lowest BCUT2D eigenvalue weighted by Crippen LogP contribution is -2.58. The number of nitrogens with two attached hydrogens (primary N) is 2. The van der Waals surface area contributed by atoms with Crippen LogP contribution in [0.4, 0.5) is 0 Å². The molecule has 0 saturated carbocycles. The largest absolute Gasteiger partial charge is 0.480 e. The minimum absolute atomic E-state index is 0.157. The number of unbranched alkanes of at least 4 members (excludes halogenated alkanes) is 1. The van der Waals surface area contributed by atoms with E-state index in [1.807, 2.05) is 36.6 Å². The van der Waals surface area contributed by atoms with Crippen molar-refractivity contribution < 1.29 is 24.3 Å². The number of carboxylic acid groups (broad SMARTS) is 1. The fourth-order valence-electron chi connectivity index (χ4n) is 3.52. The number of aliphatic carboxylic acids is 1. The van der Waals surface area contributed by atoms with Gasteiger partial charge in [0.2, 0.25) is 17.7 Å². The van der Waals surface area contributed by atoms with Crippen LogP contribution in [0.1, 0.15) is 45.1 Å². The average Bonchev–Trinajstić information content (AvgIpc) is 2.84. The van der Waals surface area contributed by atoms with E-state index in [9.17, 15) is 24.3 Å². The number of carbonyl (C=O) groups excluding carboxylic acids is 3. The molecule has 4 atom stereocenters. The fourth-order valence-corrected chi connectivity index (χ4v) is 3.99. The van der Waals surface area contributed by atoms with Gasteiger partial charge >= 0.3 is 5.97 Å². The van der Waals surface area contributed by atoms with E-state index in [0.717, 1.165) is 12.0 Å². The molecule has 3 amide bonds. The summed E-state index contributed by atoms with van der Waals surface area (Å²) in [4.78, 5) is 50.6. The zero-order valence-corrected chi connectivity index (χ0v) is 22.2. The van der Waals surface area contributed by atoms with Crippen molar-refractivity contribution in [3.8, 4) is 0 Å². The monoisotopic (exact) mass is 523 g/mol. The second-order valence-electron chi connectivity index (χ2n) is 9.05. The molecule has 0 spiro atoms. The molecule has 0 aliphatic carbocycles. The first-order valence-corrected chi connectivity index (χ1v) is 13.6. The molecular formula is C25H41N5O5S. The molecule has 4 unspecified atom stereocenters. The van der Waals surface area contributed by atoms with Gasteiger partial charge in [0.15, 0.2) is 0 Å². The van der Waals surface area contributed by atoms with E-state index in [-0.39, 0.29) is 12.3 Å². The van der Waals surface area contributed by atoms with Crippen LogP contribution >= 0.6 is 11.8 Å². The first-order valence-electron chi connectivity index (χ1n) is 12.2. The Kier molecular flexibility index (Phi) is 14.8. The highest BCUT2D eigenvalue weighted by molar-refractivity contribution is 7.98. The smallest absolute Gasteiger partial charge is 0.326 e. The van der Waals surface area contributed by atoms with E-state index >= 15 is 0 Å². The van der Waals surface area contributed by atoms with Crippen LogP contribution in [0, 0.1) is 5.92 Å². The SMILES string of the molecule is CSCCC(NC(=O)C(N)CCCCN)C(=O)NC(Cc1ccccc1)C(=O)NC(C(=O)O)C(C)C. The Morgan fingerprint density at radius 1 is 0.917 bits per heavy atom. The highest BCUT2D eigenvalue weighted by Gasteiger charge is 2.31. The predicted molar refractivity (Wildman–Crippen MR) is 142 cm³/mol. The first-order chi connectivity index (χ1) is 17.1. The Hall–Kier alpha value is -2.63. The van der Waals surface area contributed by atoms with Crippen molar-refractivity contribution in [1.82, 2.24) is 16.0 Å². The van der Waals surface area contributed by atoms with Crippen molar-refractivity contribution in [3.05, 3.63) is 35.9 Å². The molecule has 11 heteroatoms. The predicted octanol–water partition coefficient (Wildman–Crippen LogP) is 0.634. The molecule has 10 nitrogen and oxygen atoms in total. The van der Waals surface area contributed by atoms with Crippen LogP contribution in [0.2, 0.25) is 0 Å². The summed E-state index contributed by atoms with van der Waals surface area (Å²) >= 11 is 1.52. The van der Waals surface area contributed by atoms with Gasteiger partial charge in [-0.3, -0.25) is 14.4 Å². The molecule has 0 radical (unpaired) electrons. The maximum atomic E-state index is 13.2. The third-order valence-corrected chi connectivity index (χ3v) is 6.34. The maximum absolute atomic E-state index is 13.2. The van der Waals surface area contributed by atoms with Crippen LogP contribution in [-0.2, 0) is 25.6 Å². The number of thioether (sulfide) groups is 1. The van der Waals surface area contributed by atoms with E-state index in [4.69, 9.17) is 11.5 Å². The number of benzene rings is 1. The lowest BCUT2D eigenvalue weighted by Gasteiger charge is -2.26. The highest BCUT2D eigenvalue weighted by atomic mass is 32.2. The van der Waals surface area contributed by atoms with Gasteiger partial charge in [0, 0.05) is 6.42 Å². The normalized spacial score (nSPS) is 14.4. The van der Waals surface area contributed by atoms with Crippen molar-refractivity contribution in [2.45, 2.75) is 70.1 Å². The molecule has 202 valence electrons. The first kappa shape index (κ1) is 31.4. The van der Waals surface area contributed by atoms with Gasteiger partial charge < -0.3 is 32.5 Å². The molecule has 0 fully saturated rings. The Morgan fingerprint density at radius 2 is 1.53 bits per heavy atom. The third kappa shape index (κ3) is 11.4. The van der Waals surface area contributed by atoms with Crippen molar-refractivity contribution in [3.63, 3.8) is 0 Å². The van der Waals surface area contributed by atoms with Crippen molar-refractivity contribution >= 4 is 35.5 Å². The number of hydrogen-bond donors (Lipinski definition) is 6. The van der Waals surface area contributed by atoms with Crippen LogP contribution in [0.5, 0.6) is 0 Å². The zero-order valence-electron chi connectivity index (χ0n) is 21.4. The Bertz CT molecular complexity index is 839. The zero-order chi connectivity index (χ0) is 27.1. The minimum Gasteiger partial charge on any atom is -0.480 e. The highest BCUT2D eigenvalue weighted by Crippen LogP contribution is 2.09. The summed E-state index contributed by atoms with van der Waals surface area (Å²) in [6.07, 6.45) is 4.29. The minimum atomic E-state index is -1.16. The van der Waals surface area contributed by atoms with E-state index in [0.29, 0.717) is 31.6 Å². The summed E-state index contributed by atoms with van der Waals surface area (Å²) in [5, 5.41) is 17.5. The van der Waals surface area contributed by atoms with Gasteiger partial charge in [-0.2, -0.15) is 11.8 Å². The molecule has 1 rings (SSSR count). The van der Waals surface area contributed by atoms with Gasteiger partial charge in [0.25, 0.3) is 0 Å². The van der Waals surface area contributed by atoms with Crippen LogP contribution in [0.25, 0.3) is 0 Å². The molecule has 0 heterocycles. The topological polar surface area (TPSA) is 177 Å². The molecule has 0 aromatic heterocycles. The number of hydrogen-bond acceptors (Lipinski definition) is 7. The van der Waals surface area contributed by atoms with Crippen molar-refractivity contribution in [1.29, 1.82) is 0 Å². The van der Waals surface area contributed by atoms with E-state index in [1.165, 1.54) is 11.8 Å². The molecule has 1 aromatic rings. The van der Waals surface area contributed by atoms with Crippen LogP contribution in [0.3, 0.4) is 0 Å². The van der Waals surface area contributed by atoms with Gasteiger partial charge in [0.1, 0.15) is 18.1 Å². The molecule has 1 aromatic carbocycles. The lowest BCUT2D eigenvalue weighted by molar-refractivity contribution is -0.143. The second kappa shape index (κ2) is 16.9. The Balaban J connectivity index is 3.04. The summed E-state index contributed by atoms with van der Waals surface area (Å²) in [6.45, 7) is 3.89. The van der Waals surface area contributed by atoms with Gasteiger partial charge in [-0.05, 0) is 49.3 Å². The molecule has 8 N–H and O–H groups in total. The van der Waals surface area contributed by atoms with Gasteiger partial charge in [0.05, 0.1) is 6.04 Å². The van der Waals surface area contributed by atoms with Crippen LogP contribution in [0.15, 0.2) is 30.3 Å². The quantitative estimate of drug-likeness (QED) is 0.161. The molecular weight excluding hydrogens is 482 g/mol. The standard InChI is InChI=1S/C25H41N5O5S/c1-16(2)21(25(34)35)30-24(33)20(15-17-9-5-4-6-10-17)29-23(32)19(12-14-36-3)28-22(31)18(27)11-7-8-13-26/h4-6,9-10,16,18-21H,7-8,11-15,26-27H2,1-3H3,(H,28,31)(H,29,32)(H,30,33)(H,34,35). The number of carbonyl (C=O) groups is 4. The summed E-state index contributed by atoms with van der Waals surface area (Å²) in [5.41, 5.74) is 12.3. The van der Waals surface area contributed by atoms with Crippen LogP contribution < -0.4 is 27.4 Å². The summed E-state index contributed by atoms with van der Waals surface area (Å²) in [7, 11) is 0. The lowest BCUT2D eigenvalue weighted by atomic mass is 10.0. The van der Waals surface area contributed by atoms with Gasteiger partial charge in [-0.1, -0.05) is 50.6 Å². The Morgan fingerprint density at radius 3 is 2.08 bits per heavy atom. The average molecular weight is 524 g/mol. The maximum Gasteiger partial charge on any atom is 0.326 e. The van der Waals surface area contributed by atoms with E-state index in [1.54, 1.807) is 13.8 Å². The second-order valence-corrected chi connectivity index (χ2v) is 10.0. The van der Waals surface area contributed by atoms with Gasteiger partial charge in [-0.25, -0.2) is 4.79 Å². The van der Waals surface area contributed by atoms with Crippen LogP contribution in [-0.4, -0.2) is 71.5 Å².